The highest BCUT2D eigenvalue weighted by atomic mass is 19.3. The van der Waals surface area contributed by atoms with Crippen molar-refractivity contribution in [3.8, 4) is 11.1 Å². The van der Waals surface area contributed by atoms with Gasteiger partial charge in [-0.15, -0.1) is 0 Å². The molecule has 5 heteroatoms. The van der Waals surface area contributed by atoms with Crippen LogP contribution in [0, 0.1) is 0 Å². The molecule has 1 atom stereocenters. The van der Waals surface area contributed by atoms with Gasteiger partial charge in [0, 0.05) is 49.7 Å². The first-order valence-corrected chi connectivity index (χ1v) is 9.27. The number of benzene rings is 1. The lowest BCUT2D eigenvalue weighted by atomic mass is 9.91. The summed E-state index contributed by atoms with van der Waals surface area (Å²) < 4.78 is 27.7. The van der Waals surface area contributed by atoms with Gasteiger partial charge in [0.15, 0.2) is 0 Å². The number of fused-ring (bicyclic) bond motifs is 1. The number of hydrogen-bond donors (Lipinski definition) is 0. The summed E-state index contributed by atoms with van der Waals surface area (Å²) in [6.07, 6.45) is 2.17. The monoisotopic (exact) mass is 359 g/mol. The molecule has 0 fully saturated rings. The van der Waals surface area contributed by atoms with Crippen LogP contribution in [0.3, 0.4) is 0 Å². The van der Waals surface area contributed by atoms with Gasteiger partial charge < -0.3 is 9.80 Å². The van der Waals surface area contributed by atoms with Gasteiger partial charge in [-0.2, -0.15) is 0 Å². The number of pyridine rings is 1. The van der Waals surface area contributed by atoms with Crippen LogP contribution in [0.5, 0.6) is 0 Å². The number of anilines is 2. The van der Waals surface area contributed by atoms with Crippen molar-refractivity contribution in [3.05, 3.63) is 41.6 Å². The zero-order valence-electron chi connectivity index (χ0n) is 16.0. The number of aromatic nitrogens is 1. The Morgan fingerprint density at radius 2 is 2.00 bits per heavy atom. The summed E-state index contributed by atoms with van der Waals surface area (Å²) in [6, 6.07) is 7.77. The fourth-order valence-electron chi connectivity index (χ4n) is 3.60. The summed E-state index contributed by atoms with van der Waals surface area (Å²) in [5, 5.41) is 0. The average Bonchev–Trinajstić information content (AvgIpc) is 2.65. The van der Waals surface area contributed by atoms with Gasteiger partial charge in [-0.25, -0.2) is 13.8 Å². The Balaban J connectivity index is 2.09. The zero-order valence-corrected chi connectivity index (χ0v) is 16.0. The maximum Gasteiger partial charge on any atom is 0.264 e. The van der Waals surface area contributed by atoms with Crippen molar-refractivity contribution in [2.45, 2.75) is 45.6 Å². The van der Waals surface area contributed by atoms with E-state index >= 15 is 0 Å². The minimum absolute atomic E-state index is 0.0957. The molecule has 0 saturated carbocycles. The van der Waals surface area contributed by atoms with Gasteiger partial charge in [-0.3, -0.25) is 0 Å². The lowest BCUT2D eigenvalue weighted by Crippen LogP contribution is -2.37. The van der Waals surface area contributed by atoms with Crippen LogP contribution >= 0.6 is 0 Å². The first kappa shape index (κ1) is 18.6. The third kappa shape index (κ3) is 3.53. The number of hydrogen-bond acceptors (Lipinski definition) is 3. The van der Waals surface area contributed by atoms with Gasteiger partial charge in [-0.1, -0.05) is 6.92 Å². The zero-order chi connectivity index (χ0) is 18.8. The Hall–Kier alpha value is -2.17. The quantitative estimate of drug-likeness (QED) is 0.722. The van der Waals surface area contributed by atoms with Gasteiger partial charge >= 0.3 is 0 Å². The summed E-state index contributed by atoms with van der Waals surface area (Å²) in [5.41, 5.74) is 3.57. The van der Waals surface area contributed by atoms with Gasteiger partial charge in [0.25, 0.3) is 6.43 Å². The van der Waals surface area contributed by atoms with Crippen LogP contribution in [0.4, 0.5) is 20.3 Å². The van der Waals surface area contributed by atoms with Crippen LogP contribution < -0.4 is 9.80 Å². The van der Waals surface area contributed by atoms with Crippen LogP contribution in [0.2, 0.25) is 0 Å². The number of halogens is 2. The molecule has 0 amide bonds. The van der Waals surface area contributed by atoms with Crippen LogP contribution in [-0.4, -0.2) is 31.7 Å². The fraction of sp³-hybridized carbons (Fsp3) is 0.476. The molecule has 3 rings (SSSR count). The van der Waals surface area contributed by atoms with Gasteiger partial charge in [-0.05, 0) is 61.6 Å². The molecule has 2 heterocycles. The number of nitrogens with zero attached hydrogens (tertiary/aromatic N) is 3. The highest BCUT2D eigenvalue weighted by Gasteiger charge is 2.25. The molecule has 2 aromatic rings. The number of aryl methyl sites for hydroxylation is 1. The second kappa shape index (κ2) is 7.60. The number of rotatable bonds is 5. The summed E-state index contributed by atoms with van der Waals surface area (Å²) in [7, 11) is 3.82. The third-order valence-electron chi connectivity index (χ3n) is 5.28. The molecule has 0 spiro atoms. The van der Waals surface area contributed by atoms with E-state index in [-0.39, 0.29) is 5.56 Å². The molecular weight excluding hydrogens is 332 g/mol. The van der Waals surface area contributed by atoms with Gasteiger partial charge in [0.05, 0.1) is 0 Å². The summed E-state index contributed by atoms with van der Waals surface area (Å²) >= 11 is 0. The van der Waals surface area contributed by atoms with E-state index in [1.807, 2.05) is 37.2 Å². The standard InChI is InChI=1S/C21H27F2N3/c1-5-14(2)26-10-6-7-15-11-17(18(21(22)23)12-19(15)26)16-8-9-20(24-13-16)25(3)4/h8-9,11-14,21H,5-7,10H2,1-4H3. The largest absolute Gasteiger partial charge is 0.369 e. The highest BCUT2D eigenvalue weighted by Crippen LogP contribution is 2.39. The van der Waals surface area contributed by atoms with E-state index in [1.54, 1.807) is 12.3 Å². The Bertz CT molecular complexity index is 757. The molecule has 0 saturated heterocycles. The number of alkyl halides is 2. The molecule has 1 aromatic carbocycles. The second-order valence-electron chi connectivity index (χ2n) is 7.22. The fourth-order valence-corrected chi connectivity index (χ4v) is 3.60. The van der Waals surface area contributed by atoms with E-state index in [9.17, 15) is 8.78 Å². The van der Waals surface area contributed by atoms with Crippen molar-refractivity contribution in [1.82, 2.24) is 4.98 Å². The summed E-state index contributed by atoms with van der Waals surface area (Å²) in [5.74, 6) is 0.813. The van der Waals surface area contributed by atoms with E-state index in [0.717, 1.165) is 48.4 Å². The summed E-state index contributed by atoms with van der Waals surface area (Å²) in [6.45, 7) is 5.23. The maximum absolute atomic E-state index is 13.9. The predicted molar refractivity (Wildman–Crippen MR) is 104 cm³/mol. The third-order valence-corrected chi connectivity index (χ3v) is 5.28. The molecule has 1 aliphatic heterocycles. The molecule has 26 heavy (non-hydrogen) atoms. The van der Waals surface area contributed by atoms with Crippen molar-refractivity contribution in [3.63, 3.8) is 0 Å². The highest BCUT2D eigenvalue weighted by molar-refractivity contribution is 5.74. The van der Waals surface area contributed by atoms with Crippen molar-refractivity contribution in [2.24, 2.45) is 0 Å². The average molecular weight is 359 g/mol. The Kier molecular flexibility index (Phi) is 5.44. The van der Waals surface area contributed by atoms with Gasteiger partial charge in [0.2, 0.25) is 0 Å². The molecule has 1 aliphatic rings. The molecule has 0 bridgehead atoms. The van der Waals surface area contributed by atoms with Crippen molar-refractivity contribution < 1.29 is 8.78 Å². The van der Waals surface area contributed by atoms with E-state index < -0.39 is 6.43 Å². The first-order valence-electron chi connectivity index (χ1n) is 9.27. The molecule has 1 unspecified atom stereocenters. The van der Waals surface area contributed by atoms with Crippen LogP contribution in [0.1, 0.15) is 44.2 Å². The molecule has 0 aliphatic carbocycles. The molecular formula is C21H27F2N3. The smallest absolute Gasteiger partial charge is 0.264 e. The van der Waals surface area contributed by atoms with E-state index in [1.165, 1.54) is 0 Å². The molecule has 0 N–H and O–H groups in total. The van der Waals surface area contributed by atoms with Crippen LogP contribution in [0.15, 0.2) is 30.5 Å². The lowest BCUT2D eigenvalue weighted by Gasteiger charge is -2.37. The maximum atomic E-state index is 13.9. The van der Waals surface area contributed by atoms with Crippen molar-refractivity contribution in [1.29, 1.82) is 0 Å². The molecule has 0 radical (unpaired) electrons. The minimum Gasteiger partial charge on any atom is -0.369 e. The van der Waals surface area contributed by atoms with Crippen LogP contribution in [-0.2, 0) is 6.42 Å². The van der Waals surface area contributed by atoms with E-state index in [2.05, 4.69) is 23.7 Å². The Morgan fingerprint density at radius 1 is 1.23 bits per heavy atom. The SMILES string of the molecule is CCC(C)N1CCCc2cc(-c3ccc(N(C)C)nc3)c(C(F)F)cc21. The minimum atomic E-state index is -2.51. The lowest BCUT2D eigenvalue weighted by molar-refractivity contribution is 0.152. The van der Waals surface area contributed by atoms with Crippen molar-refractivity contribution in [2.75, 3.05) is 30.4 Å². The van der Waals surface area contributed by atoms with E-state index in [0.29, 0.717) is 11.6 Å². The predicted octanol–water partition coefficient (Wildman–Crippen LogP) is 5.30. The Labute approximate surface area is 154 Å². The first-order chi connectivity index (χ1) is 12.4. The van der Waals surface area contributed by atoms with E-state index in [4.69, 9.17) is 0 Å². The molecule has 3 nitrogen and oxygen atoms in total. The second-order valence-corrected chi connectivity index (χ2v) is 7.22. The molecule has 140 valence electrons. The topological polar surface area (TPSA) is 19.4 Å². The Morgan fingerprint density at radius 3 is 2.58 bits per heavy atom. The van der Waals surface area contributed by atoms with Crippen LogP contribution in [0.25, 0.3) is 11.1 Å². The molecule has 1 aromatic heterocycles. The normalized spacial score (nSPS) is 15.1. The van der Waals surface area contributed by atoms with Crippen molar-refractivity contribution >= 4 is 11.5 Å². The summed E-state index contributed by atoms with van der Waals surface area (Å²) in [4.78, 5) is 8.57. The van der Waals surface area contributed by atoms with Gasteiger partial charge in [0.1, 0.15) is 5.82 Å².